The van der Waals surface area contributed by atoms with Crippen LogP contribution in [0.3, 0.4) is 0 Å². The lowest BCUT2D eigenvalue weighted by molar-refractivity contribution is -0.110. The number of benzene rings is 1. The van der Waals surface area contributed by atoms with Crippen LogP contribution in [0.5, 0.6) is 0 Å². The van der Waals surface area contributed by atoms with Gasteiger partial charge in [-0.3, -0.25) is 9.59 Å². The lowest BCUT2D eigenvalue weighted by atomic mass is 10.0. The molecule has 6 nitrogen and oxygen atoms in total. The molecule has 2 amide bonds. The van der Waals surface area contributed by atoms with E-state index in [2.05, 4.69) is 15.6 Å². The summed E-state index contributed by atoms with van der Waals surface area (Å²) in [4.78, 5) is 27.8. The molecule has 0 bridgehead atoms. The van der Waals surface area contributed by atoms with Gasteiger partial charge in [0.05, 0.1) is 11.1 Å². The van der Waals surface area contributed by atoms with Gasteiger partial charge in [-0.1, -0.05) is 0 Å². The lowest BCUT2D eigenvalue weighted by Gasteiger charge is -2.05. The van der Waals surface area contributed by atoms with Crippen molar-refractivity contribution in [3.8, 4) is 0 Å². The minimum atomic E-state index is -0.412. The molecule has 0 saturated carbocycles. The summed E-state index contributed by atoms with van der Waals surface area (Å²) in [5.41, 5.74) is 9.52. The Morgan fingerprint density at radius 3 is 2.85 bits per heavy atom. The number of amides is 2. The summed E-state index contributed by atoms with van der Waals surface area (Å²) in [6.45, 7) is 4.63. The molecule has 0 fully saturated rings. The Morgan fingerprint density at radius 2 is 2.12 bits per heavy atom. The topological polar surface area (TPSA) is 100 Å². The second kappa shape index (κ2) is 7.13. The standard InChI is InChI=1S/C19H21FN4O2/c1-10-16(23-11(2)17(10)19(26)22-7-3-6-21)9-14-13-8-12(20)4-5-15(13)24-18(14)25/h4-5,8-9,23H,3,6-7,21H2,1-2H3,(H,22,26)(H,24,25)/b14-9-. The van der Waals surface area contributed by atoms with E-state index >= 15 is 0 Å². The van der Waals surface area contributed by atoms with E-state index in [-0.39, 0.29) is 11.8 Å². The molecular weight excluding hydrogens is 335 g/mol. The summed E-state index contributed by atoms with van der Waals surface area (Å²) in [5, 5.41) is 5.55. The Bertz CT molecular complexity index is 915. The summed E-state index contributed by atoms with van der Waals surface area (Å²) in [6, 6.07) is 4.16. The molecule has 1 aromatic heterocycles. The predicted octanol–water partition coefficient (Wildman–Crippen LogP) is 2.34. The Labute approximate surface area is 150 Å². The quantitative estimate of drug-likeness (QED) is 0.489. The summed E-state index contributed by atoms with van der Waals surface area (Å²) in [5.74, 6) is -0.895. The Morgan fingerprint density at radius 1 is 1.35 bits per heavy atom. The summed E-state index contributed by atoms with van der Waals surface area (Å²) in [7, 11) is 0. The number of aromatic amines is 1. The molecule has 1 aromatic carbocycles. The highest BCUT2D eigenvalue weighted by molar-refractivity contribution is 6.34. The highest BCUT2D eigenvalue weighted by atomic mass is 19.1. The van der Waals surface area contributed by atoms with Gasteiger partial charge in [0.2, 0.25) is 0 Å². The maximum Gasteiger partial charge on any atom is 0.256 e. The van der Waals surface area contributed by atoms with Crippen LogP contribution >= 0.6 is 0 Å². The first-order chi connectivity index (χ1) is 12.4. The van der Waals surface area contributed by atoms with E-state index < -0.39 is 5.82 Å². The number of nitrogens with two attached hydrogens (primary N) is 1. The van der Waals surface area contributed by atoms with Crippen molar-refractivity contribution in [1.29, 1.82) is 0 Å². The molecule has 26 heavy (non-hydrogen) atoms. The number of rotatable bonds is 5. The first-order valence-corrected chi connectivity index (χ1v) is 8.42. The Balaban J connectivity index is 1.96. The predicted molar refractivity (Wildman–Crippen MR) is 99.2 cm³/mol. The number of hydrogen-bond acceptors (Lipinski definition) is 3. The number of aryl methyl sites for hydroxylation is 1. The summed E-state index contributed by atoms with van der Waals surface area (Å²) < 4.78 is 13.6. The molecule has 1 aliphatic heterocycles. The van der Waals surface area contributed by atoms with Crippen molar-refractivity contribution in [3.05, 3.63) is 52.1 Å². The first kappa shape index (κ1) is 17.9. The van der Waals surface area contributed by atoms with E-state index in [9.17, 15) is 14.0 Å². The third-order valence-corrected chi connectivity index (χ3v) is 4.42. The number of nitrogens with one attached hydrogen (secondary N) is 3. The van der Waals surface area contributed by atoms with Crippen LogP contribution < -0.4 is 16.4 Å². The zero-order valence-corrected chi connectivity index (χ0v) is 14.7. The third kappa shape index (κ3) is 3.25. The van der Waals surface area contributed by atoms with Gasteiger partial charge in [0, 0.05) is 29.2 Å². The largest absolute Gasteiger partial charge is 0.358 e. The van der Waals surface area contributed by atoms with Crippen LogP contribution in [0.15, 0.2) is 18.2 Å². The second-order valence-electron chi connectivity index (χ2n) is 6.26. The fourth-order valence-corrected chi connectivity index (χ4v) is 3.10. The van der Waals surface area contributed by atoms with Gasteiger partial charge < -0.3 is 21.4 Å². The minimum absolute atomic E-state index is 0.184. The van der Waals surface area contributed by atoms with E-state index in [1.165, 1.54) is 18.2 Å². The Hall–Kier alpha value is -2.93. The lowest BCUT2D eigenvalue weighted by Crippen LogP contribution is -2.26. The SMILES string of the molecule is Cc1[nH]c(/C=C2\C(=O)Nc3ccc(F)cc32)c(C)c1C(=O)NCCCN. The van der Waals surface area contributed by atoms with Crippen LogP contribution in [0.2, 0.25) is 0 Å². The van der Waals surface area contributed by atoms with Crippen LogP contribution in [0.4, 0.5) is 10.1 Å². The highest BCUT2D eigenvalue weighted by Gasteiger charge is 2.26. The third-order valence-electron chi connectivity index (χ3n) is 4.42. The number of aromatic nitrogens is 1. The van der Waals surface area contributed by atoms with Gasteiger partial charge >= 0.3 is 0 Å². The van der Waals surface area contributed by atoms with Gasteiger partial charge in [0.25, 0.3) is 11.8 Å². The average Bonchev–Trinajstić information content (AvgIpc) is 3.04. The molecule has 1 aliphatic rings. The molecule has 0 saturated heterocycles. The zero-order valence-electron chi connectivity index (χ0n) is 14.7. The smallest absolute Gasteiger partial charge is 0.256 e. The number of carbonyl (C=O) groups excluding carboxylic acids is 2. The molecule has 0 aliphatic carbocycles. The molecule has 2 heterocycles. The average molecular weight is 356 g/mol. The van der Waals surface area contributed by atoms with E-state index in [1.807, 2.05) is 6.92 Å². The van der Waals surface area contributed by atoms with Crippen molar-refractivity contribution < 1.29 is 14.0 Å². The van der Waals surface area contributed by atoms with Gasteiger partial charge in [-0.05, 0) is 56.7 Å². The molecule has 0 spiro atoms. The van der Waals surface area contributed by atoms with Crippen LogP contribution in [0.25, 0.3) is 11.6 Å². The molecule has 0 atom stereocenters. The van der Waals surface area contributed by atoms with E-state index in [4.69, 9.17) is 5.73 Å². The molecule has 7 heteroatoms. The maximum absolute atomic E-state index is 13.6. The van der Waals surface area contributed by atoms with E-state index in [0.717, 1.165) is 5.56 Å². The van der Waals surface area contributed by atoms with Crippen molar-refractivity contribution in [1.82, 2.24) is 10.3 Å². The Kier molecular flexibility index (Phi) is 4.90. The van der Waals surface area contributed by atoms with Crippen molar-refractivity contribution in [2.45, 2.75) is 20.3 Å². The van der Waals surface area contributed by atoms with E-state index in [1.54, 1.807) is 13.0 Å². The van der Waals surface area contributed by atoms with Crippen molar-refractivity contribution >= 4 is 29.2 Å². The molecular formula is C19H21FN4O2. The number of halogens is 1. The number of anilines is 1. The van der Waals surface area contributed by atoms with Crippen LogP contribution in [-0.2, 0) is 4.79 Å². The van der Waals surface area contributed by atoms with Crippen molar-refractivity contribution in [3.63, 3.8) is 0 Å². The van der Waals surface area contributed by atoms with Crippen molar-refractivity contribution in [2.24, 2.45) is 5.73 Å². The number of hydrogen-bond donors (Lipinski definition) is 4. The fourth-order valence-electron chi connectivity index (χ4n) is 3.10. The normalized spacial score (nSPS) is 14.5. The number of fused-ring (bicyclic) bond motifs is 1. The zero-order chi connectivity index (χ0) is 18.8. The summed E-state index contributed by atoms with van der Waals surface area (Å²) in [6.07, 6.45) is 2.35. The number of carbonyl (C=O) groups is 2. The minimum Gasteiger partial charge on any atom is -0.358 e. The molecule has 0 radical (unpaired) electrons. The van der Waals surface area contributed by atoms with Gasteiger partial charge in [-0.2, -0.15) is 0 Å². The van der Waals surface area contributed by atoms with Gasteiger partial charge in [-0.15, -0.1) is 0 Å². The fraction of sp³-hybridized carbons (Fsp3) is 0.263. The molecule has 5 N–H and O–H groups in total. The summed E-state index contributed by atoms with van der Waals surface area (Å²) >= 11 is 0. The van der Waals surface area contributed by atoms with Crippen LogP contribution in [-0.4, -0.2) is 29.9 Å². The van der Waals surface area contributed by atoms with Crippen LogP contribution in [0.1, 0.15) is 39.3 Å². The first-order valence-electron chi connectivity index (χ1n) is 8.42. The van der Waals surface area contributed by atoms with Crippen LogP contribution in [0, 0.1) is 19.7 Å². The maximum atomic E-state index is 13.6. The molecule has 2 aromatic rings. The molecule has 0 unspecified atom stereocenters. The van der Waals surface area contributed by atoms with Crippen molar-refractivity contribution in [2.75, 3.05) is 18.4 Å². The van der Waals surface area contributed by atoms with Gasteiger partial charge in [0.1, 0.15) is 5.82 Å². The highest BCUT2D eigenvalue weighted by Crippen LogP contribution is 2.34. The monoisotopic (exact) mass is 356 g/mol. The van der Waals surface area contributed by atoms with Gasteiger partial charge in [-0.25, -0.2) is 4.39 Å². The second-order valence-corrected chi connectivity index (χ2v) is 6.26. The molecule has 136 valence electrons. The number of H-pyrrole nitrogens is 1. The van der Waals surface area contributed by atoms with E-state index in [0.29, 0.717) is 53.3 Å². The molecule has 3 rings (SSSR count). The van der Waals surface area contributed by atoms with Gasteiger partial charge in [0.15, 0.2) is 0 Å².